The van der Waals surface area contributed by atoms with Crippen molar-refractivity contribution in [2.45, 2.75) is 30.4 Å². The maximum atomic E-state index is 12.6. The molecule has 0 radical (unpaired) electrons. The second kappa shape index (κ2) is 6.30. The summed E-state index contributed by atoms with van der Waals surface area (Å²) in [6, 6.07) is 9.05. The Kier molecular flexibility index (Phi) is 4.34. The zero-order valence-corrected chi connectivity index (χ0v) is 14.1. The number of fused-ring (bicyclic) bond motifs is 2. The molecule has 0 saturated heterocycles. The van der Waals surface area contributed by atoms with Gasteiger partial charge in [-0.1, -0.05) is 6.92 Å². The van der Waals surface area contributed by atoms with E-state index in [1.54, 1.807) is 18.2 Å². The molecule has 0 aliphatic carbocycles. The summed E-state index contributed by atoms with van der Waals surface area (Å²) in [5, 5.41) is 9.63. The Hall–Kier alpha value is -2.31. The van der Waals surface area contributed by atoms with Crippen LogP contribution >= 0.6 is 0 Å². The molecule has 0 fully saturated rings. The highest BCUT2D eigenvalue weighted by atomic mass is 32.2. The van der Waals surface area contributed by atoms with Crippen LogP contribution in [0.5, 0.6) is 0 Å². The van der Waals surface area contributed by atoms with E-state index in [0.717, 1.165) is 6.42 Å². The van der Waals surface area contributed by atoms with Crippen molar-refractivity contribution < 1.29 is 18.9 Å². The minimum Gasteiger partial charge on any atom is -0.611 e. The van der Waals surface area contributed by atoms with Crippen LogP contribution in [0.2, 0.25) is 0 Å². The lowest BCUT2D eigenvalue weighted by atomic mass is 10.1. The summed E-state index contributed by atoms with van der Waals surface area (Å²) in [6.07, 6.45) is 0.782. The van der Waals surface area contributed by atoms with Crippen molar-refractivity contribution in [2.75, 3.05) is 0 Å². The van der Waals surface area contributed by atoms with Crippen molar-refractivity contribution >= 4 is 39.1 Å². The summed E-state index contributed by atoms with van der Waals surface area (Å²) in [5.74, 6) is -1.10. The summed E-state index contributed by atoms with van der Waals surface area (Å²) >= 11 is -1.17. The highest BCUT2D eigenvalue weighted by molar-refractivity contribution is 7.92. The third kappa shape index (κ3) is 2.79. The normalized spacial score (nSPS) is 14.0. The van der Waals surface area contributed by atoms with Gasteiger partial charge in [0, 0.05) is 6.07 Å². The molecule has 1 N–H and O–H groups in total. The van der Waals surface area contributed by atoms with E-state index in [-0.39, 0.29) is 21.6 Å². The van der Waals surface area contributed by atoms with Gasteiger partial charge in [-0.3, -0.25) is 4.79 Å². The molecule has 2 atom stereocenters. The molecule has 0 spiro atoms. The molecule has 124 valence electrons. The monoisotopic (exact) mass is 344 g/mol. The first kappa shape index (κ1) is 16.5. The van der Waals surface area contributed by atoms with Crippen molar-refractivity contribution in [3.63, 3.8) is 0 Å². The number of rotatable bonds is 4. The third-order valence-electron chi connectivity index (χ3n) is 4.06. The molecule has 6 heteroatoms. The number of benzene rings is 2. The molecule has 0 bridgehead atoms. The van der Waals surface area contributed by atoms with Crippen LogP contribution in [0.4, 0.5) is 0 Å². The first-order valence-electron chi connectivity index (χ1n) is 7.57. The van der Waals surface area contributed by atoms with Crippen LogP contribution in [0.15, 0.2) is 50.5 Å². The SMILES string of the molecule is CCC(C)[S+]([O-])c1ccc2c(=O)c3cc(C(=O)O)ccc3oc2c1. The summed E-state index contributed by atoms with van der Waals surface area (Å²) in [4.78, 5) is 24.3. The minimum absolute atomic E-state index is 0.00718. The Labute approximate surface area is 141 Å². The van der Waals surface area contributed by atoms with Crippen LogP contribution in [-0.4, -0.2) is 20.9 Å². The first-order valence-corrected chi connectivity index (χ1v) is 8.78. The maximum absolute atomic E-state index is 12.6. The van der Waals surface area contributed by atoms with Gasteiger partial charge in [0.05, 0.1) is 16.3 Å². The number of carboxylic acids is 1. The van der Waals surface area contributed by atoms with Crippen LogP contribution in [0.3, 0.4) is 0 Å². The summed E-state index contributed by atoms with van der Waals surface area (Å²) in [5.41, 5.74) is 0.396. The van der Waals surface area contributed by atoms with E-state index in [9.17, 15) is 14.1 Å². The van der Waals surface area contributed by atoms with Crippen LogP contribution < -0.4 is 5.43 Å². The van der Waals surface area contributed by atoms with Crippen molar-refractivity contribution in [1.29, 1.82) is 0 Å². The Morgan fingerprint density at radius 3 is 2.62 bits per heavy atom. The quantitative estimate of drug-likeness (QED) is 0.577. The molecule has 2 aromatic carbocycles. The van der Waals surface area contributed by atoms with Gasteiger partial charge in [0.15, 0.2) is 4.90 Å². The fourth-order valence-corrected chi connectivity index (χ4v) is 3.67. The van der Waals surface area contributed by atoms with E-state index in [1.807, 2.05) is 13.8 Å². The predicted octanol–water partition coefficient (Wildman–Crippen LogP) is 3.55. The number of hydrogen-bond donors (Lipinski definition) is 1. The third-order valence-corrected chi connectivity index (χ3v) is 5.84. The summed E-state index contributed by atoms with van der Waals surface area (Å²) in [7, 11) is 0. The number of carbonyl (C=O) groups is 1. The Balaban J connectivity index is 2.22. The molecule has 0 aliphatic heterocycles. The Morgan fingerprint density at radius 1 is 1.21 bits per heavy atom. The van der Waals surface area contributed by atoms with Crippen molar-refractivity contribution in [1.82, 2.24) is 0 Å². The lowest BCUT2D eigenvalue weighted by molar-refractivity contribution is 0.0697. The van der Waals surface area contributed by atoms with Gasteiger partial charge >= 0.3 is 5.97 Å². The molecule has 24 heavy (non-hydrogen) atoms. The zero-order chi connectivity index (χ0) is 17.4. The van der Waals surface area contributed by atoms with Gasteiger partial charge in [0.2, 0.25) is 5.43 Å². The van der Waals surface area contributed by atoms with Gasteiger partial charge in [0.25, 0.3) is 0 Å². The number of carboxylic acid groups (broad SMARTS) is 1. The smallest absolute Gasteiger partial charge is 0.335 e. The number of hydrogen-bond acceptors (Lipinski definition) is 4. The van der Waals surface area contributed by atoms with Crippen molar-refractivity contribution in [3.8, 4) is 0 Å². The molecule has 1 heterocycles. The van der Waals surface area contributed by atoms with E-state index < -0.39 is 17.1 Å². The molecule has 0 saturated carbocycles. The highest BCUT2D eigenvalue weighted by Gasteiger charge is 2.20. The maximum Gasteiger partial charge on any atom is 0.335 e. The molecular formula is C18H16O5S. The van der Waals surface area contributed by atoms with Crippen LogP contribution in [0, 0.1) is 0 Å². The largest absolute Gasteiger partial charge is 0.611 e. The molecular weight excluding hydrogens is 328 g/mol. The lowest BCUT2D eigenvalue weighted by Gasteiger charge is -2.16. The fraction of sp³-hybridized carbons (Fsp3) is 0.222. The molecule has 2 unspecified atom stereocenters. The van der Waals surface area contributed by atoms with E-state index in [2.05, 4.69) is 0 Å². The van der Waals surface area contributed by atoms with E-state index in [0.29, 0.717) is 21.4 Å². The average Bonchev–Trinajstić information content (AvgIpc) is 2.59. The average molecular weight is 344 g/mol. The zero-order valence-electron chi connectivity index (χ0n) is 13.2. The lowest BCUT2D eigenvalue weighted by Crippen LogP contribution is -2.17. The molecule has 5 nitrogen and oxygen atoms in total. The Bertz CT molecular complexity index is 992. The van der Waals surface area contributed by atoms with E-state index in [4.69, 9.17) is 9.52 Å². The van der Waals surface area contributed by atoms with E-state index in [1.165, 1.54) is 18.2 Å². The van der Waals surface area contributed by atoms with Crippen molar-refractivity contribution in [2.24, 2.45) is 0 Å². The van der Waals surface area contributed by atoms with Gasteiger partial charge in [-0.05, 0) is 54.9 Å². The Morgan fingerprint density at radius 2 is 1.96 bits per heavy atom. The predicted molar refractivity (Wildman–Crippen MR) is 93.1 cm³/mol. The topological polar surface area (TPSA) is 90.6 Å². The summed E-state index contributed by atoms with van der Waals surface area (Å²) < 4.78 is 18.2. The van der Waals surface area contributed by atoms with Gasteiger partial charge in [0.1, 0.15) is 16.4 Å². The first-order chi connectivity index (χ1) is 11.4. The second-order valence-electron chi connectivity index (χ2n) is 5.62. The molecule has 3 aromatic rings. The van der Waals surface area contributed by atoms with Crippen LogP contribution in [-0.2, 0) is 11.2 Å². The minimum atomic E-state index is -1.17. The fourth-order valence-electron chi connectivity index (χ4n) is 2.48. The molecule has 0 aliphatic rings. The second-order valence-corrected chi connectivity index (χ2v) is 7.49. The molecule has 1 aromatic heterocycles. The van der Waals surface area contributed by atoms with Gasteiger partial charge in [-0.15, -0.1) is 0 Å². The van der Waals surface area contributed by atoms with Crippen LogP contribution in [0.25, 0.3) is 21.9 Å². The molecule has 0 amide bonds. The van der Waals surface area contributed by atoms with Gasteiger partial charge in [-0.2, -0.15) is 0 Å². The highest BCUT2D eigenvalue weighted by Crippen LogP contribution is 2.25. The standard InChI is InChI=1S/C18H16O5S/c1-3-10(2)24(22)12-5-6-13-16(9-12)23-15-7-4-11(18(20)21)8-14(15)17(13)19/h4-10H,3H2,1-2H3,(H,20,21). The van der Waals surface area contributed by atoms with Gasteiger partial charge < -0.3 is 14.1 Å². The van der Waals surface area contributed by atoms with Crippen molar-refractivity contribution in [3.05, 3.63) is 52.2 Å². The van der Waals surface area contributed by atoms with Crippen LogP contribution in [0.1, 0.15) is 30.6 Å². The van der Waals surface area contributed by atoms with E-state index >= 15 is 0 Å². The van der Waals surface area contributed by atoms with Gasteiger partial charge in [-0.25, -0.2) is 4.79 Å². The summed E-state index contributed by atoms with van der Waals surface area (Å²) in [6.45, 7) is 3.88. The molecule has 3 rings (SSSR count). The number of aromatic carboxylic acids is 1.